The molecule has 0 amide bonds. The fourth-order valence-corrected chi connectivity index (χ4v) is 2.50. The van der Waals surface area contributed by atoms with Gasteiger partial charge in [-0.3, -0.25) is 0 Å². The number of anilines is 1. The Morgan fingerprint density at radius 1 is 1.33 bits per heavy atom. The Labute approximate surface area is 128 Å². The van der Waals surface area contributed by atoms with Crippen molar-refractivity contribution in [3.05, 3.63) is 84.0 Å². The van der Waals surface area contributed by atoms with Crippen molar-refractivity contribution >= 4 is 11.3 Å². The topological polar surface area (TPSA) is 12.0 Å². The average Bonchev–Trinajstić information content (AvgIpc) is 2.47. The number of benzene rings is 1. The lowest BCUT2D eigenvalue weighted by molar-refractivity contribution is 1.01. The van der Waals surface area contributed by atoms with Crippen LogP contribution in [0.4, 0.5) is 5.69 Å². The molecular weight excluding hydrogens is 254 g/mol. The number of hydrogen-bond acceptors (Lipinski definition) is 1. The van der Waals surface area contributed by atoms with Crippen LogP contribution in [0.3, 0.4) is 0 Å². The molecule has 0 atom stereocenters. The van der Waals surface area contributed by atoms with E-state index in [2.05, 4.69) is 55.7 Å². The number of aryl methyl sites for hydroxylation is 1. The number of fused-ring (bicyclic) bond motifs is 1. The molecule has 1 heteroatoms. The minimum absolute atomic E-state index is 0.913. The molecule has 0 bridgehead atoms. The fraction of sp³-hybridized carbons (Fsp3) is 0.200. The van der Waals surface area contributed by atoms with Gasteiger partial charge in [0.2, 0.25) is 0 Å². The van der Waals surface area contributed by atoms with E-state index in [0.717, 1.165) is 24.1 Å². The number of rotatable bonds is 3. The Kier molecular flexibility index (Phi) is 4.99. The van der Waals surface area contributed by atoms with Crippen LogP contribution < -0.4 is 5.32 Å². The molecule has 1 aliphatic rings. The van der Waals surface area contributed by atoms with Gasteiger partial charge in [-0.05, 0) is 49.1 Å². The smallest absolute Gasteiger partial charge is 0.0419 e. The van der Waals surface area contributed by atoms with Crippen LogP contribution in [-0.2, 0) is 0 Å². The zero-order valence-corrected chi connectivity index (χ0v) is 12.9. The molecule has 2 rings (SSSR count). The Hall–Kier alpha value is -2.28. The summed E-state index contributed by atoms with van der Waals surface area (Å²) < 4.78 is 0. The second-order valence-corrected chi connectivity index (χ2v) is 5.27. The van der Waals surface area contributed by atoms with Gasteiger partial charge in [-0.15, -0.1) is 0 Å². The summed E-state index contributed by atoms with van der Waals surface area (Å²) in [5, 5.41) is 3.51. The van der Waals surface area contributed by atoms with Gasteiger partial charge in [-0.1, -0.05) is 55.2 Å². The maximum absolute atomic E-state index is 4.25. The third kappa shape index (κ3) is 3.63. The maximum Gasteiger partial charge on any atom is 0.0419 e. The monoisotopic (exact) mass is 277 g/mol. The molecule has 0 aliphatic carbocycles. The zero-order chi connectivity index (χ0) is 15.2. The highest BCUT2D eigenvalue weighted by Gasteiger charge is 2.11. The van der Waals surface area contributed by atoms with Crippen molar-refractivity contribution in [2.45, 2.75) is 20.3 Å². The molecule has 0 spiro atoms. The van der Waals surface area contributed by atoms with Crippen LogP contribution in [0.25, 0.3) is 5.57 Å². The number of nitrogens with one attached hydrogen (secondary N) is 1. The molecule has 1 N–H and O–H groups in total. The minimum atomic E-state index is 0.913. The molecule has 0 aromatic heterocycles. The van der Waals surface area contributed by atoms with Gasteiger partial charge in [0, 0.05) is 17.8 Å². The Morgan fingerprint density at radius 2 is 2.14 bits per heavy atom. The summed E-state index contributed by atoms with van der Waals surface area (Å²) in [5.74, 6) is 0. The number of allylic oxidation sites excluding steroid dienone is 7. The van der Waals surface area contributed by atoms with Gasteiger partial charge in [0.05, 0.1) is 0 Å². The minimum Gasteiger partial charge on any atom is -0.384 e. The largest absolute Gasteiger partial charge is 0.384 e. The normalized spacial score (nSPS) is 18.3. The van der Waals surface area contributed by atoms with Crippen molar-refractivity contribution in [3.63, 3.8) is 0 Å². The molecule has 1 aromatic carbocycles. The van der Waals surface area contributed by atoms with E-state index in [1.165, 1.54) is 22.4 Å². The SMILES string of the molecule is C=CC(=C\C=C/C)/C1=C/C(=C)c2cc(C)ccc2NCC1. The van der Waals surface area contributed by atoms with Crippen LogP contribution in [0.1, 0.15) is 24.5 Å². The van der Waals surface area contributed by atoms with Gasteiger partial charge in [-0.25, -0.2) is 0 Å². The highest BCUT2D eigenvalue weighted by molar-refractivity contribution is 5.83. The van der Waals surface area contributed by atoms with E-state index in [9.17, 15) is 0 Å². The van der Waals surface area contributed by atoms with E-state index in [-0.39, 0.29) is 0 Å². The molecule has 21 heavy (non-hydrogen) atoms. The summed E-state index contributed by atoms with van der Waals surface area (Å²) in [6, 6.07) is 6.46. The molecule has 0 radical (unpaired) electrons. The molecular formula is C20H23N. The van der Waals surface area contributed by atoms with Crippen LogP contribution in [0.15, 0.2) is 72.9 Å². The third-order valence-electron chi connectivity index (χ3n) is 3.64. The van der Waals surface area contributed by atoms with Crippen LogP contribution in [0, 0.1) is 6.92 Å². The molecule has 1 aliphatic heterocycles. The predicted molar refractivity (Wildman–Crippen MR) is 94.5 cm³/mol. The summed E-state index contributed by atoms with van der Waals surface area (Å²) >= 11 is 0. The molecule has 108 valence electrons. The van der Waals surface area contributed by atoms with Crippen molar-refractivity contribution in [2.24, 2.45) is 0 Å². The second kappa shape index (κ2) is 6.94. The van der Waals surface area contributed by atoms with Crippen molar-refractivity contribution in [1.29, 1.82) is 0 Å². The highest BCUT2D eigenvalue weighted by atomic mass is 14.9. The summed E-state index contributed by atoms with van der Waals surface area (Å²) in [6.07, 6.45) is 11.2. The van der Waals surface area contributed by atoms with Gasteiger partial charge in [0.15, 0.2) is 0 Å². The van der Waals surface area contributed by atoms with Crippen molar-refractivity contribution < 1.29 is 0 Å². The standard InChI is InChI=1S/C20H23N/c1-5-7-8-17(6-2)18-11-12-21-20-10-9-15(3)13-19(20)16(4)14-18/h5-10,13-14,21H,2,4,11-12H2,1,3H3/b7-5-,17-8+,18-14+. The summed E-state index contributed by atoms with van der Waals surface area (Å²) in [5.41, 5.74) is 7.07. The van der Waals surface area contributed by atoms with Crippen LogP contribution >= 0.6 is 0 Å². The van der Waals surface area contributed by atoms with Gasteiger partial charge < -0.3 is 5.32 Å². The molecule has 1 nitrogen and oxygen atoms in total. The highest BCUT2D eigenvalue weighted by Crippen LogP contribution is 2.30. The van der Waals surface area contributed by atoms with Crippen molar-refractivity contribution in [3.8, 4) is 0 Å². The first-order valence-corrected chi connectivity index (χ1v) is 7.36. The molecule has 1 aromatic rings. The van der Waals surface area contributed by atoms with Crippen molar-refractivity contribution in [1.82, 2.24) is 0 Å². The van der Waals surface area contributed by atoms with E-state index in [0.29, 0.717) is 0 Å². The Bertz CT molecular complexity index is 642. The van der Waals surface area contributed by atoms with E-state index < -0.39 is 0 Å². The van der Waals surface area contributed by atoms with Crippen LogP contribution in [-0.4, -0.2) is 6.54 Å². The lowest BCUT2D eigenvalue weighted by Crippen LogP contribution is -2.08. The Balaban J connectivity index is 2.43. The first-order valence-electron chi connectivity index (χ1n) is 7.36. The Morgan fingerprint density at radius 3 is 2.86 bits per heavy atom. The first-order chi connectivity index (χ1) is 10.2. The summed E-state index contributed by atoms with van der Waals surface area (Å²) in [6.45, 7) is 13.2. The molecule has 1 heterocycles. The quantitative estimate of drug-likeness (QED) is 0.725. The van der Waals surface area contributed by atoms with E-state index in [1.54, 1.807) is 0 Å². The van der Waals surface area contributed by atoms with E-state index >= 15 is 0 Å². The van der Waals surface area contributed by atoms with Crippen LogP contribution in [0.2, 0.25) is 0 Å². The summed E-state index contributed by atoms with van der Waals surface area (Å²) in [4.78, 5) is 0. The summed E-state index contributed by atoms with van der Waals surface area (Å²) in [7, 11) is 0. The maximum atomic E-state index is 4.25. The lowest BCUT2D eigenvalue weighted by Gasteiger charge is -2.19. The molecule has 0 fully saturated rings. The average molecular weight is 277 g/mol. The fourth-order valence-electron chi connectivity index (χ4n) is 2.50. The first kappa shape index (κ1) is 15.1. The number of hydrogen-bond donors (Lipinski definition) is 1. The zero-order valence-electron chi connectivity index (χ0n) is 12.9. The van der Waals surface area contributed by atoms with Crippen LogP contribution in [0.5, 0.6) is 0 Å². The van der Waals surface area contributed by atoms with Gasteiger partial charge in [0.25, 0.3) is 0 Å². The van der Waals surface area contributed by atoms with Gasteiger partial charge in [0.1, 0.15) is 0 Å². The predicted octanol–water partition coefficient (Wildman–Crippen LogP) is 5.44. The molecule has 0 saturated carbocycles. The third-order valence-corrected chi connectivity index (χ3v) is 3.64. The van der Waals surface area contributed by atoms with Crippen molar-refractivity contribution in [2.75, 3.05) is 11.9 Å². The van der Waals surface area contributed by atoms with Gasteiger partial charge in [-0.2, -0.15) is 0 Å². The molecule has 0 unspecified atom stereocenters. The van der Waals surface area contributed by atoms with E-state index in [1.807, 2.05) is 25.2 Å². The van der Waals surface area contributed by atoms with E-state index in [4.69, 9.17) is 0 Å². The molecule has 0 saturated heterocycles. The van der Waals surface area contributed by atoms with Gasteiger partial charge >= 0.3 is 0 Å². The lowest BCUT2D eigenvalue weighted by atomic mass is 9.93. The second-order valence-electron chi connectivity index (χ2n) is 5.27.